The van der Waals surface area contributed by atoms with Gasteiger partial charge in [0.15, 0.2) is 0 Å². The maximum Gasteiger partial charge on any atom is 0.450 e. The second kappa shape index (κ2) is 8.76. The average Bonchev–Trinajstić information content (AvgIpc) is 2.58. The van der Waals surface area contributed by atoms with E-state index < -0.39 is 48.7 Å². The Hall–Kier alpha value is -2.16. The molecule has 0 radical (unpaired) electrons. The highest BCUT2D eigenvalue weighted by molar-refractivity contribution is 7.88. The maximum absolute atomic E-state index is 13.6. The highest BCUT2D eigenvalue weighted by Crippen LogP contribution is 2.50. The molecule has 0 bridgehead atoms. The van der Waals surface area contributed by atoms with Crippen LogP contribution in [0.15, 0.2) is 42.5 Å². The molecular weight excluding hydrogens is 488 g/mol. The van der Waals surface area contributed by atoms with Crippen LogP contribution in [0.1, 0.15) is 13.8 Å². The number of halogens is 8. The van der Waals surface area contributed by atoms with Crippen molar-refractivity contribution >= 4 is 31.1 Å². The molecule has 31 heavy (non-hydrogen) atoms. The van der Waals surface area contributed by atoms with Crippen molar-refractivity contribution < 1.29 is 55.6 Å². The number of benzene rings is 2. The van der Waals surface area contributed by atoms with Gasteiger partial charge in [-0.15, -0.1) is 3.89 Å². The van der Waals surface area contributed by atoms with Crippen molar-refractivity contribution in [3.05, 3.63) is 42.5 Å². The summed E-state index contributed by atoms with van der Waals surface area (Å²) in [6.07, 6.45) is -13.6. The van der Waals surface area contributed by atoms with Crippen molar-refractivity contribution in [2.24, 2.45) is 0 Å². The first-order chi connectivity index (χ1) is 13.7. The second-order valence-corrected chi connectivity index (χ2v) is 9.69. The van der Waals surface area contributed by atoms with Gasteiger partial charge in [-0.3, -0.25) is 0 Å². The van der Waals surface area contributed by atoms with Gasteiger partial charge in [-0.2, -0.15) is 43.2 Å². The molecule has 15 heteroatoms. The first-order valence-electron chi connectivity index (χ1n) is 7.92. The van der Waals surface area contributed by atoms with Crippen molar-refractivity contribution in [3.63, 3.8) is 0 Å². The van der Waals surface area contributed by atoms with Crippen molar-refractivity contribution in [2.45, 2.75) is 36.5 Å². The maximum atomic E-state index is 13.6. The standard InChI is InChI=1S/C13H7F7O3S.C3H7FO2S/c14-11(12(15,16)17,13(18,19)20)24(21,22)23-10-6-5-8-3-1-2-4-9(8)7-10;1-3(2)7(4,5)6/h1-7H;3H,1-2H3. The van der Waals surface area contributed by atoms with Crippen LogP contribution in [0.5, 0.6) is 5.75 Å². The summed E-state index contributed by atoms with van der Waals surface area (Å²) in [7, 11) is -11.0. The Bertz CT molecular complexity index is 1110. The zero-order valence-electron chi connectivity index (χ0n) is 15.5. The molecule has 0 N–H and O–H groups in total. The summed E-state index contributed by atoms with van der Waals surface area (Å²) < 4.78 is 146. The quantitative estimate of drug-likeness (QED) is 0.333. The van der Waals surface area contributed by atoms with Gasteiger partial charge in [0.2, 0.25) is 0 Å². The van der Waals surface area contributed by atoms with Crippen LogP contribution >= 0.6 is 0 Å². The Balaban J connectivity index is 0.000000592. The van der Waals surface area contributed by atoms with Gasteiger partial charge in [0.1, 0.15) is 5.75 Å². The number of rotatable bonds is 4. The average molecular weight is 502 g/mol. The minimum absolute atomic E-state index is 0.272. The molecular formula is C16H14F8O5S2. The fourth-order valence-corrected chi connectivity index (χ4v) is 2.89. The van der Waals surface area contributed by atoms with Gasteiger partial charge in [-0.25, -0.2) is 4.39 Å². The van der Waals surface area contributed by atoms with Crippen LogP contribution in [-0.4, -0.2) is 39.4 Å². The fourth-order valence-electron chi connectivity index (χ4n) is 1.85. The third kappa shape index (κ3) is 5.96. The van der Waals surface area contributed by atoms with Crippen molar-refractivity contribution in [1.29, 1.82) is 0 Å². The van der Waals surface area contributed by atoms with E-state index in [2.05, 4.69) is 4.18 Å². The van der Waals surface area contributed by atoms with Crippen molar-refractivity contribution in [1.82, 2.24) is 0 Å². The molecule has 2 aromatic rings. The minimum Gasteiger partial charge on any atom is -0.380 e. The molecule has 5 nitrogen and oxygen atoms in total. The lowest BCUT2D eigenvalue weighted by molar-refractivity contribution is -0.307. The van der Waals surface area contributed by atoms with Crippen LogP contribution in [0.25, 0.3) is 10.8 Å². The summed E-state index contributed by atoms with van der Waals surface area (Å²) in [6.45, 7) is 2.57. The summed E-state index contributed by atoms with van der Waals surface area (Å²) in [6, 6.07) is 8.93. The zero-order valence-corrected chi connectivity index (χ0v) is 17.1. The Morgan fingerprint density at radius 2 is 1.19 bits per heavy atom. The van der Waals surface area contributed by atoms with E-state index in [-0.39, 0.29) is 5.39 Å². The summed E-state index contributed by atoms with van der Waals surface area (Å²) in [5.74, 6) is -0.885. The van der Waals surface area contributed by atoms with E-state index >= 15 is 0 Å². The van der Waals surface area contributed by atoms with Gasteiger partial charge in [-0.05, 0) is 36.8 Å². The normalized spacial score (nSPS) is 13.6. The first-order valence-corrected chi connectivity index (χ1v) is 10.8. The van der Waals surface area contributed by atoms with Crippen LogP contribution in [-0.2, 0) is 20.3 Å². The van der Waals surface area contributed by atoms with Gasteiger partial charge in [0.25, 0.3) is 0 Å². The molecule has 0 atom stereocenters. The van der Waals surface area contributed by atoms with Gasteiger partial charge in [0.05, 0.1) is 5.25 Å². The lowest BCUT2D eigenvalue weighted by Gasteiger charge is -2.28. The highest BCUT2D eigenvalue weighted by Gasteiger charge is 2.82. The molecule has 0 saturated carbocycles. The molecule has 2 aromatic carbocycles. The number of fused-ring (bicyclic) bond motifs is 1. The van der Waals surface area contributed by atoms with E-state index in [4.69, 9.17) is 0 Å². The molecule has 0 fully saturated rings. The lowest BCUT2D eigenvalue weighted by Crippen LogP contribution is -2.59. The summed E-state index contributed by atoms with van der Waals surface area (Å²) in [4.78, 5) is 0. The number of hydrogen-bond donors (Lipinski definition) is 0. The summed E-state index contributed by atoms with van der Waals surface area (Å²) in [5.41, 5.74) is 0. The van der Waals surface area contributed by atoms with Crippen LogP contribution < -0.4 is 4.18 Å². The predicted octanol–water partition coefficient (Wildman–Crippen LogP) is 5.03. The molecule has 0 spiro atoms. The second-order valence-electron chi connectivity index (χ2n) is 6.16. The Labute approximate surface area is 172 Å². The van der Waals surface area contributed by atoms with Gasteiger partial charge >= 0.3 is 37.7 Å². The predicted molar refractivity (Wildman–Crippen MR) is 94.6 cm³/mol. The number of alkyl halides is 7. The van der Waals surface area contributed by atoms with E-state index in [1.807, 2.05) is 0 Å². The molecule has 0 aliphatic carbocycles. The monoisotopic (exact) mass is 502 g/mol. The molecule has 0 aliphatic rings. The molecule has 0 heterocycles. The van der Waals surface area contributed by atoms with Crippen LogP contribution in [0.2, 0.25) is 0 Å². The SMILES string of the molecule is CC(C)S(=O)(=O)F.O=S(=O)(Oc1ccc2ccccc2c1)C(F)(C(F)(F)F)C(F)(F)F. The fraction of sp³-hybridized carbons (Fsp3) is 0.375. The summed E-state index contributed by atoms with van der Waals surface area (Å²) >= 11 is 0. The van der Waals surface area contributed by atoms with Crippen molar-refractivity contribution in [2.75, 3.05) is 0 Å². The molecule has 0 unspecified atom stereocenters. The highest BCUT2D eigenvalue weighted by atomic mass is 32.3. The Morgan fingerprint density at radius 3 is 1.58 bits per heavy atom. The first kappa shape index (κ1) is 26.9. The van der Waals surface area contributed by atoms with Crippen molar-refractivity contribution in [3.8, 4) is 5.75 Å². The molecule has 0 amide bonds. The Morgan fingerprint density at radius 1 is 0.774 bits per heavy atom. The van der Waals surface area contributed by atoms with E-state index in [0.717, 1.165) is 12.1 Å². The zero-order chi connectivity index (χ0) is 24.5. The topological polar surface area (TPSA) is 77.5 Å². The molecule has 0 aliphatic heterocycles. The van der Waals surface area contributed by atoms with E-state index in [1.54, 1.807) is 12.1 Å². The minimum atomic E-state index is -6.78. The van der Waals surface area contributed by atoms with Gasteiger partial charge in [0, 0.05) is 0 Å². The third-order valence-electron chi connectivity index (χ3n) is 3.56. The van der Waals surface area contributed by atoms with E-state index in [9.17, 15) is 51.5 Å². The van der Waals surface area contributed by atoms with Gasteiger partial charge in [-0.1, -0.05) is 30.3 Å². The Kier molecular flexibility index (Phi) is 7.60. The van der Waals surface area contributed by atoms with Crippen LogP contribution in [0.3, 0.4) is 0 Å². The molecule has 0 aromatic heterocycles. The molecule has 0 saturated heterocycles. The van der Waals surface area contributed by atoms with E-state index in [1.165, 1.54) is 32.0 Å². The molecule has 176 valence electrons. The summed E-state index contributed by atoms with van der Waals surface area (Å²) in [5, 5.41) is -6.67. The van der Waals surface area contributed by atoms with E-state index in [0.29, 0.717) is 5.39 Å². The lowest BCUT2D eigenvalue weighted by atomic mass is 10.1. The largest absolute Gasteiger partial charge is 0.450 e. The van der Waals surface area contributed by atoms with Crippen LogP contribution in [0, 0.1) is 0 Å². The molecule has 2 rings (SSSR count). The van der Waals surface area contributed by atoms with Gasteiger partial charge < -0.3 is 4.18 Å². The number of hydrogen-bond acceptors (Lipinski definition) is 5. The third-order valence-corrected chi connectivity index (χ3v) is 6.25. The van der Waals surface area contributed by atoms with Crippen LogP contribution in [0.4, 0.5) is 34.6 Å². The smallest absolute Gasteiger partial charge is 0.380 e.